The molecule has 0 aromatic heterocycles. The first-order valence-corrected chi connectivity index (χ1v) is 8.80. The normalized spacial score (nSPS) is 11.1. The molecule has 0 unspecified atom stereocenters. The summed E-state index contributed by atoms with van der Waals surface area (Å²) in [5, 5.41) is 3.40. The zero-order chi connectivity index (χ0) is 18.0. The maximum atomic E-state index is 4.09. The molecular formula is C25H23N. The van der Waals surface area contributed by atoms with E-state index in [2.05, 4.69) is 78.6 Å². The molecule has 0 atom stereocenters. The second kappa shape index (κ2) is 9.24. The summed E-state index contributed by atoms with van der Waals surface area (Å²) in [5.41, 5.74) is 5.75. The predicted octanol–water partition coefficient (Wildman–Crippen LogP) is 6.59. The van der Waals surface area contributed by atoms with E-state index < -0.39 is 0 Å². The van der Waals surface area contributed by atoms with E-state index in [1.54, 1.807) is 0 Å². The van der Waals surface area contributed by atoms with Gasteiger partial charge in [-0.05, 0) is 34.4 Å². The van der Waals surface area contributed by atoms with Gasteiger partial charge in [0.15, 0.2) is 0 Å². The molecule has 0 radical (unpaired) electrons. The average Bonchev–Trinajstić information content (AvgIpc) is 2.72. The van der Waals surface area contributed by atoms with Crippen LogP contribution >= 0.6 is 0 Å². The molecular weight excluding hydrogens is 314 g/mol. The number of benzene rings is 3. The molecule has 3 aromatic carbocycles. The van der Waals surface area contributed by atoms with Gasteiger partial charge in [0.1, 0.15) is 0 Å². The van der Waals surface area contributed by atoms with E-state index in [0.717, 1.165) is 23.4 Å². The van der Waals surface area contributed by atoms with Crippen molar-refractivity contribution < 1.29 is 0 Å². The van der Waals surface area contributed by atoms with Gasteiger partial charge in [-0.3, -0.25) is 0 Å². The maximum absolute atomic E-state index is 4.09. The van der Waals surface area contributed by atoms with E-state index in [9.17, 15) is 0 Å². The Morgan fingerprint density at radius 3 is 2.04 bits per heavy atom. The SMILES string of the molecule is C=C(/C=C\C=C/CNc1ccc(-c2ccccc2)cc1)c1ccccc1. The summed E-state index contributed by atoms with van der Waals surface area (Å²) in [5.74, 6) is 0. The van der Waals surface area contributed by atoms with Crippen LogP contribution in [-0.4, -0.2) is 6.54 Å². The molecule has 26 heavy (non-hydrogen) atoms. The van der Waals surface area contributed by atoms with Crippen molar-refractivity contribution >= 4 is 11.3 Å². The Labute approximate surface area is 156 Å². The third kappa shape index (κ3) is 5.09. The van der Waals surface area contributed by atoms with Crippen LogP contribution in [0.4, 0.5) is 5.69 Å². The Hall–Kier alpha value is -3.32. The predicted molar refractivity (Wildman–Crippen MR) is 114 cm³/mol. The Bertz CT molecular complexity index is 872. The van der Waals surface area contributed by atoms with E-state index in [0.29, 0.717) is 0 Å². The first-order chi connectivity index (χ1) is 12.8. The summed E-state index contributed by atoms with van der Waals surface area (Å²) >= 11 is 0. The quantitative estimate of drug-likeness (QED) is 0.479. The highest BCUT2D eigenvalue weighted by Gasteiger charge is 1.96. The fourth-order valence-corrected chi connectivity index (χ4v) is 2.65. The van der Waals surface area contributed by atoms with Crippen molar-refractivity contribution in [3.63, 3.8) is 0 Å². The number of anilines is 1. The van der Waals surface area contributed by atoms with Crippen LogP contribution < -0.4 is 5.32 Å². The fourth-order valence-electron chi connectivity index (χ4n) is 2.65. The van der Waals surface area contributed by atoms with Crippen molar-refractivity contribution in [1.29, 1.82) is 0 Å². The second-order valence-corrected chi connectivity index (χ2v) is 6.00. The van der Waals surface area contributed by atoms with Crippen LogP contribution in [0.25, 0.3) is 16.7 Å². The molecule has 128 valence electrons. The Balaban J connectivity index is 1.47. The Morgan fingerprint density at radius 2 is 1.35 bits per heavy atom. The molecule has 0 aliphatic carbocycles. The van der Waals surface area contributed by atoms with Crippen molar-refractivity contribution in [2.45, 2.75) is 0 Å². The van der Waals surface area contributed by atoms with Crippen molar-refractivity contribution in [3.8, 4) is 11.1 Å². The van der Waals surface area contributed by atoms with Gasteiger partial charge < -0.3 is 5.32 Å². The summed E-state index contributed by atoms with van der Waals surface area (Å²) in [7, 11) is 0. The fraction of sp³-hybridized carbons (Fsp3) is 0.0400. The average molecular weight is 337 g/mol. The number of rotatable bonds is 7. The van der Waals surface area contributed by atoms with Gasteiger partial charge in [-0.25, -0.2) is 0 Å². The van der Waals surface area contributed by atoms with Crippen LogP contribution in [0.3, 0.4) is 0 Å². The molecule has 0 fully saturated rings. The maximum Gasteiger partial charge on any atom is 0.0343 e. The molecule has 0 heterocycles. The van der Waals surface area contributed by atoms with Crippen molar-refractivity contribution in [2.24, 2.45) is 0 Å². The molecule has 0 bridgehead atoms. The van der Waals surface area contributed by atoms with E-state index in [1.807, 2.05) is 42.5 Å². The Kier molecular flexibility index (Phi) is 6.22. The van der Waals surface area contributed by atoms with Crippen LogP contribution in [-0.2, 0) is 0 Å². The van der Waals surface area contributed by atoms with Gasteiger partial charge in [0, 0.05) is 12.2 Å². The van der Waals surface area contributed by atoms with Crippen LogP contribution in [0.1, 0.15) is 5.56 Å². The third-order valence-corrected chi connectivity index (χ3v) is 4.11. The topological polar surface area (TPSA) is 12.0 Å². The van der Waals surface area contributed by atoms with Crippen molar-refractivity contribution in [1.82, 2.24) is 0 Å². The molecule has 0 saturated heterocycles. The molecule has 0 aliphatic heterocycles. The molecule has 0 saturated carbocycles. The number of allylic oxidation sites excluding steroid dienone is 4. The highest BCUT2D eigenvalue weighted by atomic mass is 14.8. The molecule has 0 aliphatic rings. The second-order valence-electron chi connectivity index (χ2n) is 6.00. The highest BCUT2D eigenvalue weighted by molar-refractivity contribution is 5.72. The molecule has 1 heteroatoms. The lowest BCUT2D eigenvalue weighted by Crippen LogP contribution is -1.97. The lowest BCUT2D eigenvalue weighted by atomic mass is 10.1. The van der Waals surface area contributed by atoms with Crippen LogP contribution in [0.5, 0.6) is 0 Å². The minimum absolute atomic E-state index is 0.785. The van der Waals surface area contributed by atoms with Crippen LogP contribution in [0, 0.1) is 0 Å². The molecule has 1 nitrogen and oxygen atoms in total. The first-order valence-electron chi connectivity index (χ1n) is 8.80. The highest BCUT2D eigenvalue weighted by Crippen LogP contribution is 2.20. The molecule has 3 aromatic rings. The van der Waals surface area contributed by atoms with Gasteiger partial charge in [-0.15, -0.1) is 0 Å². The number of hydrogen-bond acceptors (Lipinski definition) is 1. The lowest BCUT2D eigenvalue weighted by molar-refractivity contribution is 1.33. The van der Waals surface area contributed by atoms with Gasteiger partial charge in [-0.2, -0.15) is 0 Å². The zero-order valence-corrected chi connectivity index (χ0v) is 14.8. The largest absolute Gasteiger partial charge is 0.382 e. The summed E-state index contributed by atoms with van der Waals surface area (Å²) < 4.78 is 0. The minimum atomic E-state index is 0.785. The zero-order valence-electron chi connectivity index (χ0n) is 14.8. The summed E-state index contributed by atoms with van der Waals surface area (Å²) in [6.07, 6.45) is 8.19. The van der Waals surface area contributed by atoms with Gasteiger partial charge in [0.2, 0.25) is 0 Å². The molecule has 1 N–H and O–H groups in total. The Morgan fingerprint density at radius 1 is 0.731 bits per heavy atom. The summed E-state index contributed by atoms with van der Waals surface area (Å²) in [6.45, 7) is 4.87. The van der Waals surface area contributed by atoms with E-state index in [1.165, 1.54) is 11.1 Å². The van der Waals surface area contributed by atoms with Crippen molar-refractivity contribution in [3.05, 3.63) is 121 Å². The van der Waals surface area contributed by atoms with Crippen LogP contribution in [0.2, 0.25) is 0 Å². The molecule has 0 spiro atoms. The lowest BCUT2D eigenvalue weighted by Gasteiger charge is -2.05. The minimum Gasteiger partial charge on any atom is -0.382 e. The number of hydrogen-bond donors (Lipinski definition) is 1. The smallest absolute Gasteiger partial charge is 0.0343 e. The van der Waals surface area contributed by atoms with Gasteiger partial charge >= 0.3 is 0 Å². The third-order valence-electron chi connectivity index (χ3n) is 4.11. The van der Waals surface area contributed by atoms with Crippen molar-refractivity contribution in [2.75, 3.05) is 11.9 Å². The van der Waals surface area contributed by atoms with E-state index in [4.69, 9.17) is 0 Å². The van der Waals surface area contributed by atoms with Crippen LogP contribution in [0.15, 0.2) is 116 Å². The monoisotopic (exact) mass is 337 g/mol. The molecule has 3 rings (SSSR count). The molecule has 0 amide bonds. The number of nitrogens with one attached hydrogen (secondary N) is 1. The summed E-state index contributed by atoms with van der Waals surface area (Å²) in [6, 6.07) is 29.1. The first kappa shape index (κ1) is 17.5. The van der Waals surface area contributed by atoms with Gasteiger partial charge in [0.05, 0.1) is 0 Å². The standard InChI is InChI=1S/C25H23N/c1-21(22-12-6-2-7-13-22)11-5-4-10-20-26-25-18-16-24(17-19-25)23-14-8-3-9-15-23/h2-19,26H,1,20H2/b10-4-,11-5-. The van der Waals surface area contributed by atoms with E-state index >= 15 is 0 Å². The summed E-state index contributed by atoms with van der Waals surface area (Å²) in [4.78, 5) is 0. The van der Waals surface area contributed by atoms with E-state index in [-0.39, 0.29) is 0 Å². The van der Waals surface area contributed by atoms with Gasteiger partial charge in [0.25, 0.3) is 0 Å². The van der Waals surface area contributed by atoms with Gasteiger partial charge in [-0.1, -0.05) is 104 Å².